The van der Waals surface area contributed by atoms with Gasteiger partial charge in [0.1, 0.15) is 17.2 Å². The maximum atomic E-state index is 11.5. The van der Waals surface area contributed by atoms with Gasteiger partial charge in [-0.05, 0) is 30.7 Å². The molecule has 0 atom stereocenters. The van der Waals surface area contributed by atoms with Crippen molar-refractivity contribution in [3.8, 4) is 11.3 Å². The van der Waals surface area contributed by atoms with Gasteiger partial charge in [-0.2, -0.15) is 0 Å². The van der Waals surface area contributed by atoms with Crippen molar-refractivity contribution in [2.45, 2.75) is 13.8 Å². The highest BCUT2D eigenvalue weighted by Gasteiger charge is 2.16. The molecule has 4 nitrogen and oxygen atoms in total. The van der Waals surface area contributed by atoms with Crippen molar-refractivity contribution in [1.82, 2.24) is 9.38 Å². The van der Waals surface area contributed by atoms with Crippen molar-refractivity contribution in [3.05, 3.63) is 52.1 Å². The topological polar surface area (TPSA) is 46.4 Å². The fourth-order valence-electron chi connectivity index (χ4n) is 2.33. The van der Waals surface area contributed by atoms with Crippen molar-refractivity contribution in [2.24, 2.45) is 0 Å². The number of amides is 1. The van der Waals surface area contributed by atoms with Crippen molar-refractivity contribution in [3.63, 3.8) is 0 Å². The molecule has 0 spiro atoms. The van der Waals surface area contributed by atoms with Crippen LogP contribution in [0.4, 0.5) is 5.82 Å². The number of rotatable bonds is 2. The van der Waals surface area contributed by atoms with Crippen molar-refractivity contribution in [2.75, 3.05) is 5.32 Å². The summed E-state index contributed by atoms with van der Waals surface area (Å²) < 4.78 is 1.86. The first-order chi connectivity index (χ1) is 10.5. The lowest BCUT2D eigenvalue weighted by atomic mass is 10.1. The number of benzene rings is 1. The van der Waals surface area contributed by atoms with E-state index in [0.717, 1.165) is 16.8 Å². The summed E-state index contributed by atoms with van der Waals surface area (Å²) in [6, 6.07) is 9.17. The predicted octanol–water partition coefficient (Wildman–Crippen LogP) is 4.57. The summed E-state index contributed by atoms with van der Waals surface area (Å²) in [6.45, 7) is 3.44. The number of anilines is 1. The molecule has 0 bridgehead atoms. The van der Waals surface area contributed by atoms with E-state index >= 15 is 0 Å². The lowest BCUT2D eigenvalue weighted by Crippen LogP contribution is -2.09. The molecule has 0 radical (unpaired) electrons. The van der Waals surface area contributed by atoms with Crippen molar-refractivity contribution >= 4 is 40.6 Å². The van der Waals surface area contributed by atoms with Crippen LogP contribution >= 0.6 is 23.2 Å². The molecule has 3 aromatic rings. The van der Waals surface area contributed by atoms with E-state index in [1.807, 2.05) is 35.7 Å². The van der Waals surface area contributed by atoms with Crippen LogP contribution in [0.2, 0.25) is 10.0 Å². The second-order valence-corrected chi connectivity index (χ2v) is 5.82. The molecule has 1 aromatic carbocycles. The average molecular weight is 334 g/mol. The number of nitrogens with zero attached hydrogens (tertiary/aromatic N) is 2. The monoisotopic (exact) mass is 333 g/mol. The van der Waals surface area contributed by atoms with Gasteiger partial charge >= 0.3 is 0 Å². The minimum Gasteiger partial charge on any atom is -0.310 e. The fraction of sp³-hybridized carbons (Fsp3) is 0.125. The maximum Gasteiger partial charge on any atom is 0.222 e. The zero-order valence-corrected chi connectivity index (χ0v) is 13.5. The second-order valence-electron chi connectivity index (χ2n) is 5.00. The van der Waals surface area contributed by atoms with Gasteiger partial charge in [0.15, 0.2) is 0 Å². The Kier molecular flexibility index (Phi) is 3.81. The molecule has 0 aliphatic carbocycles. The molecular weight excluding hydrogens is 321 g/mol. The molecule has 1 amide bonds. The first-order valence-corrected chi connectivity index (χ1v) is 7.43. The van der Waals surface area contributed by atoms with E-state index in [2.05, 4.69) is 10.3 Å². The van der Waals surface area contributed by atoms with Crippen molar-refractivity contribution in [1.29, 1.82) is 0 Å². The van der Waals surface area contributed by atoms with Gasteiger partial charge in [0, 0.05) is 18.7 Å². The van der Waals surface area contributed by atoms with E-state index < -0.39 is 0 Å². The highest BCUT2D eigenvalue weighted by Crippen LogP contribution is 2.33. The van der Waals surface area contributed by atoms with Crippen LogP contribution in [0.3, 0.4) is 0 Å². The van der Waals surface area contributed by atoms with E-state index in [1.54, 1.807) is 12.1 Å². The van der Waals surface area contributed by atoms with Gasteiger partial charge in [-0.3, -0.25) is 9.20 Å². The largest absolute Gasteiger partial charge is 0.310 e. The Labute approximate surface area is 137 Å². The molecule has 3 rings (SSSR count). The van der Waals surface area contributed by atoms with Crippen LogP contribution in [0.1, 0.15) is 12.5 Å². The summed E-state index contributed by atoms with van der Waals surface area (Å²) in [5, 5.41) is 3.77. The Morgan fingerprint density at radius 3 is 2.68 bits per heavy atom. The molecule has 0 aliphatic heterocycles. The summed E-state index contributed by atoms with van der Waals surface area (Å²) >= 11 is 12.1. The predicted molar refractivity (Wildman–Crippen MR) is 89.7 cm³/mol. The molecule has 6 heteroatoms. The van der Waals surface area contributed by atoms with Crippen LogP contribution in [0.5, 0.6) is 0 Å². The lowest BCUT2D eigenvalue weighted by molar-refractivity contribution is -0.114. The molecule has 1 N–H and O–H groups in total. The quantitative estimate of drug-likeness (QED) is 0.746. The Hall–Kier alpha value is -2.04. The van der Waals surface area contributed by atoms with Gasteiger partial charge in [0.2, 0.25) is 5.91 Å². The van der Waals surface area contributed by atoms with Gasteiger partial charge in [0.25, 0.3) is 0 Å². The second kappa shape index (κ2) is 5.63. The van der Waals surface area contributed by atoms with E-state index in [1.165, 1.54) is 6.92 Å². The van der Waals surface area contributed by atoms with Crippen LogP contribution in [-0.2, 0) is 4.79 Å². The number of nitrogens with one attached hydrogen (secondary N) is 1. The molecule has 112 valence electrons. The SMILES string of the molecule is CC(=O)Nc1c(-c2ccc(Cl)c(Cl)c2)nc2c(C)cccn12. The molecule has 0 fully saturated rings. The molecule has 2 aromatic heterocycles. The maximum absolute atomic E-state index is 11.5. The molecule has 0 unspecified atom stereocenters. The lowest BCUT2D eigenvalue weighted by Gasteiger charge is -2.06. The Balaban J connectivity index is 2.29. The van der Waals surface area contributed by atoms with Gasteiger partial charge < -0.3 is 5.32 Å². The van der Waals surface area contributed by atoms with Crippen LogP contribution < -0.4 is 5.32 Å². The summed E-state index contributed by atoms with van der Waals surface area (Å²) in [5.74, 6) is 0.453. The fourth-order valence-corrected chi connectivity index (χ4v) is 2.63. The number of aryl methyl sites for hydroxylation is 1. The number of fused-ring (bicyclic) bond motifs is 1. The van der Waals surface area contributed by atoms with E-state index in [-0.39, 0.29) is 5.91 Å². The minimum atomic E-state index is -0.162. The third-order valence-corrected chi connectivity index (χ3v) is 4.07. The van der Waals surface area contributed by atoms with Crippen LogP contribution in [-0.4, -0.2) is 15.3 Å². The van der Waals surface area contributed by atoms with E-state index in [4.69, 9.17) is 23.2 Å². The van der Waals surface area contributed by atoms with E-state index in [9.17, 15) is 4.79 Å². The molecule has 22 heavy (non-hydrogen) atoms. The van der Waals surface area contributed by atoms with Gasteiger partial charge in [0.05, 0.1) is 10.0 Å². The number of pyridine rings is 1. The summed E-state index contributed by atoms with van der Waals surface area (Å²) in [4.78, 5) is 16.2. The molecule has 2 heterocycles. The molecule has 0 aliphatic rings. The first kappa shape index (κ1) is 14.9. The van der Waals surface area contributed by atoms with Gasteiger partial charge in [-0.25, -0.2) is 4.98 Å². The van der Waals surface area contributed by atoms with Crippen LogP contribution in [0.15, 0.2) is 36.5 Å². The average Bonchev–Trinajstić information content (AvgIpc) is 2.82. The summed E-state index contributed by atoms with van der Waals surface area (Å²) in [5.41, 5.74) is 3.25. The van der Waals surface area contributed by atoms with Crippen molar-refractivity contribution < 1.29 is 4.79 Å². The molecule has 0 saturated heterocycles. The number of carbonyl (C=O) groups excluding carboxylic acids is 1. The Morgan fingerprint density at radius 1 is 1.23 bits per heavy atom. The van der Waals surface area contributed by atoms with Crippen LogP contribution in [0, 0.1) is 6.92 Å². The van der Waals surface area contributed by atoms with Crippen LogP contribution in [0.25, 0.3) is 16.9 Å². The normalized spacial score (nSPS) is 10.9. The highest BCUT2D eigenvalue weighted by atomic mass is 35.5. The summed E-state index contributed by atoms with van der Waals surface area (Å²) in [7, 11) is 0. The minimum absolute atomic E-state index is 0.162. The zero-order valence-electron chi connectivity index (χ0n) is 12.0. The third-order valence-electron chi connectivity index (χ3n) is 3.33. The smallest absolute Gasteiger partial charge is 0.222 e. The zero-order chi connectivity index (χ0) is 15.9. The molecular formula is C16H13Cl2N3O. The Morgan fingerprint density at radius 2 is 2.00 bits per heavy atom. The number of halogens is 2. The Bertz CT molecular complexity index is 886. The standard InChI is InChI=1S/C16H13Cl2N3O/c1-9-4-3-7-21-15(9)20-14(16(21)19-10(2)22)11-5-6-12(17)13(18)8-11/h3-8H,1-2H3,(H,19,22). The van der Waals surface area contributed by atoms with Gasteiger partial charge in [-0.1, -0.05) is 35.3 Å². The summed E-state index contributed by atoms with van der Waals surface area (Å²) in [6.07, 6.45) is 1.86. The number of carbonyl (C=O) groups is 1. The van der Waals surface area contributed by atoms with E-state index in [0.29, 0.717) is 21.6 Å². The number of hydrogen-bond acceptors (Lipinski definition) is 2. The third kappa shape index (κ3) is 2.56. The number of imidazole rings is 1. The van der Waals surface area contributed by atoms with Gasteiger partial charge in [-0.15, -0.1) is 0 Å². The molecule has 0 saturated carbocycles. The number of aromatic nitrogens is 2. The first-order valence-electron chi connectivity index (χ1n) is 6.68. The number of hydrogen-bond donors (Lipinski definition) is 1. The highest BCUT2D eigenvalue weighted by molar-refractivity contribution is 6.42.